The highest BCUT2D eigenvalue weighted by Crippen LogP contribution is 2.43. The first-order valence-electron chi connectivity index (χ1n) is 34.7. The summed E-state index contributed by atoms with van der Waals surface area (Å²) in [6, 6.07) is 0. The summed E-state index contributed by atoms with van der Waals surface area (Å²) < 4.78 is 34.6. The first-order valence-corrected chi connectivity index (χ1v) is 36.2. The van der Waals surface area contributed by atoms with Crippen LogP contribution in [0.3, 0.4) is 0 Å². The van der Waals surface area contributed by atoms with Crippen LogP contribution in [0.4, 0.5) is 0 Å². The number of quaternary nitrogens is 1. The van der Waals surface area contributed by atoms with Crippen molar-refractivity contribution in [1.82, 2.24) is 0 Å². The number of rotatable bonds is 64. The molecule has 0 aromatic rings. The minimum absolute atomic E-state index is 0.0233. The molecule has 9 nitrogen and oxygen atoms in total. The van der Waals surface area contributed by atoms with E-state index < -0.39 is 26.5 Å². The average Bonchev–Trinajstić information content (AvgIpc) is 3.46. The van der Waals surface area contributed by atoms with E-state index in [4.69, 9.17) is 18.5 Å². The Morgan fingerprint density at radius 3 is 1.06 bits per heavy atom. The lowest BCUT2D eigenvalue weighted by Gasteiger charge is -2.24. The Kier molecular flexibility index (Phi) is 61.0. The number of phosphoric ester groups is 1. The number of hydrogen-bond donors (Lipinski definition) is 1. The fraction of sp³-hybridized carbons (Fsp3) is 0.806. The van der Waals surface area contributed by atoms with Gasteiger partial charge in [-0.25, -0.2) is 4.57 Å². The number of likely N-dealkylation sites (N-methyl/N-ethyl adjacent to an activating group) is 1. The smallest absolute Gasteiger partial charge is 0.462 e. The topological polar surface area (TPSA) is 108 Å². The van der Waals surface area contributed by atoms with Crippen LogP contribution in [0, 0.1) is 0 Å². The number of esters is 2. The molecule has 0 aliphatic heterocycles. The third-order valence-corrected chi connectivity index (χ3v) is 16.2. The molecule has 0 spiro atoms. The molecule has 1 N–H and O–H groups in total. The number of phosphoric acid groups is 1. The van der Waals surface area contributed by atoms with Gasteiger partial charge in [0, 0.05) is 12.8 Å². The Hall–Kier alpha value is -2.55. The summed E-state index contributed by atoms with van der Waals surface area (Å²) in [5.41, 5.74) is 0. The Morgan fingerprint density at radius 2 is 0.695 bits per heavy atom. The van der Waals surface area contributed by atoms with Gasteiger partial charge in [-0.2, -0.15) is 0 Å². The molecule has 2 unspecified atom stereocenters. The second-order valence-electron chi connectivity index (χ2n) is 24.5. The average molecular weight is 1170 g/mol. The maximum Gasteiger partial charge on any atom is 0.472 e. The van der Waals surface area contributed by atoms with Crippen molar-refractivity contribution in [2.24, 2.45) is 0 Å². The van der Waals surface area contributed by atoms with Gasteiger partial charge in [-0.15, -0.1) is 0 Å². The number of carbonyl (C=O) groups is 2. The van der Waals surface area contributed by atoms with Crippen molar-refractivity contribution in [3.05, 3.63) is 72.9 Å². The van der Waals surface area contributed by atoms with E-state index in [0.717, 1.165) is 70.6 Å². The number of nitrogens with zero attached hydrogens (tertiary/aromatic N) is 1. The van der Waals surface area contributed by atoms with Crippen molar-refractivity contribution in [2.45, 2.75) is 328 Å². The van der Waals surface area contributed by atoms with Crippen molar-refractivity contribution in [2.75, 3.05) is 47.5 Å². The number of carbonyl (C=O) groups excluding carboxylic acids is 2. The molecule has 478 valence electrons. The van der Waals surface area contributed by atoms with E-state index in [-0.39, 0.29) is 32.0 Å². The summed E-state index contributed by atoms with van der Waals surface area (Å²) in [6.07, 6.45) is 84.7. The van der Waals surface area contributed by atoms with Gasteiger partial charge in [0.05, 0.1) is 27.7 Å². The number of allylic oxidation sites excluding steroid dienone is 12. The Morgan fingerprint density at radius 1 is 0.390 bits per heavy atom. The maximum atomic E-state index is 12.8. The highest BCUT2D eigenvalue weighted by Gasteiger charge is 2.27. The van der Waals surface area contributed by atoms with Crippen LogP contribution in [0.5, 0.6) is 0 Å². The van der Waals surface area contributed by atoms with Crippen LogP contribution in [0.1, 0.15) is 322 Å². The molecular weight excluding hydrogens is 1040 g/mol. The summed E-state index contributed by atoms with van der Waals surface area (Å²) in [6.45, 7) is 4.31. The minimum atomic E-state index is -4.40. The van der Waals surface area contributed by atoms with Gasteiger partial charge in [0.25, 0.3) is 0 Å². The lowest BCUT2D eigenvalue weighted by atomic mass is 10.0. The molecule has 0 aromatic carbocycles. The van der Waals surface area contributed by atoms with Gasteiger partial charge in [0.2, 0.25) is 0 Å². The zero-order valence-corrected chi connectivity index (χ0v) is 55.4. The van der Waals surface area contributed by atoms with Crippen molar-refractivity contribution in [1.29, 1.82) is 0 Å². The molecule has 0 rings (SSSR count). The molecular formula is C72H133NO8P+. The zero-order chi connectivity index (χ0) is 59.8. The highest BCUT2D eigenvalue weighted by atomic mass is 31.2. The lowest BCUT2D eigenvalue weighted by Crippen LogP contribution is -2.37. The number of hydrogen-bond acceptors (Lipinski definition) is 7. The molecule has 0 saturated heterocycles. The molecule has 2 atom stereocenters. The zero-order valence-electron chi connectivity index (χ0n) is 54.5. The van der Waals surface area contributed by atoms with Crippen molar-refractivity contribution >= 4 is 19.8 Å². The van der Waals surface area contributed by atoms with Crippen LogP contribution in [-0.2, 0) is 32.7 Å². The molecule has 0 radical (unpaired) electrons. The van der Waals surface area contributed by atoms with Crippen LogP contribution in [0.25, 0.3) is 0 Å². The van der Waals surface area contributed by atoms with E-state index in [9.17, 15) is 19.0 Å². The van der Waals surface area contributed by atoms with Crippen LogP contribution >= 0.6 is 7.82 Å². The molecule has 0 heterocycles. The van der Waals surface area contributed by atoms with Gasteiger partial charge in [0.15, 0.2) is 6.10 Å². The lowest BCUT2D eigenvalue weighted by molar-refractivity contribution is -0.870. The molecule has 0 fully saturated rings. The summed E-state index contributed by atoms with van der Waals surface area (Å²) in [5.74, 6) is -0.826. The van der Waals surface area contributed by atoms with Crippen molar-refractivity contribution < 1.29 is 42.1 Å². The number of ether oxygens (including phenoxy) is 2. The van der Waals surface area contributed by atoms with Gasteiger partial charge in [-0.05, 0) is 83.5 Å². The third kappa shape index (κ3) is 66.6. The quantitative estimate of drug-likeness (QED) is 0.0211. The Bertz CT molecular complexity index is 1610. The largest absolute Gasteiger partial charge is 0.472 e. The molecule has 0 saturated carbocycles. The van der Waals surface area contributed by atoms with Crippen LogP contribution in [-0.4, -0.2) is 74.9 Å². The number of unbranched alkanes of at least 4 members (excludes halogenated alkanes) is 38. The third-order valence-electron chi connectivity index (χ3n) is 15.2. The van der Waals surface area contributed by atoms with Crippen LogP contribution in [0.2, 0.25) is 0 Å². The van der Waals surface area contributed by atoms with Crippen LogP contribution in [0.15, 0.2) is 72.9 Å². The Labute approximate surface area is 508 Å². The van der Waals surface area contributed by atoms with Gasteiger partial charge in [0.1, 0.15) is 19.8 Å². The predicted molar refractivity (Wildman–Crippen MR) is 353 cm³/mol. The van der Waals surface area contributed by atoms with E-state index >= 15 is 0 Å². The van der Waals surface area contributed by atoms with E-state index in [1.165, 1.54) is 218 Å². The molecule has 82 heavy (non-hydrogen) atoms. The van der Waals surface area contributed by atoms with Crippen molar-refractivity contribution in [3.8, 4) is 0 Å². The molecule has 0 aliphatic rings. The first kappa shape index (κ1) is 79.5. The van der Waals surface area contributed by atoms with E-state index in [2.05, 4.69) is 86.8 Å². The molecule has 0 amide bonds. The fourth-order valence-electron chi connectivity index (χ4n) is 9.92. The summed E-state index contributed by atoms with van der Waals surface area (Å²) in [4.78, 5) is 35.8. The van der Waals surface area contributed by atoms with Gasteiger partial charge in [-0.1, -0.05) is 299 Å². The molecule has 0 aliphatic carbocycles. The SMILES string of the molecule is CC/C=C\C/C=C\C/C=C\C/C=C\C/C=C\CCCCCC(=O)OC(COC(=O)CCCCCCCCCCCCCCCCCCCCCCCCCCCCC/C=C\CCCCCCCCCC)COP(=O)(O)OCC[N+](C)(C)C. The second-order valence-corrected chi connectivity index (χ2v) is 26.0. The maximum absolute atomic E-state index is 12.8. The first-order chi connectivity index (χ1) is 40.0. The van der Waals surface area contributed by atoms with Gasteiger partial charge >= 0.3 is 19.8 Å². The second kappa shape index (κ2) is 63.0. The summed E-state index contributed by atoms with van der Waals surface area (Å²) in [5, 5.41) is 0. The van der Waals surface area contributed by atoms with E-state index in [1.54, 1.807) is 0 Å². The summed E-state index contributed by atoms with van der Waals surface area (Å²) in [7, 11) is 1.46. The Balaban J connectivity index is 3.93. The monoisotopic (exact) mass is 1170 g/mol. The fourth-order valence-corrected chi connectivity index (χ4v) is 10.7. The van der Waals surface area contributed by atoms with E-state index in [1.807, 2.05) is 21.1 Å². The van der Waals surface area contributed by atoms with Gasteiger partial charge < -0.3 is 18.9 Å². The molecule has 10 heteroatoms. The minimum Gasteiger partial charge on any atom is -0.462 e. The molecule has 0 bridgehead atoms. The van der Waals surface area contributed by atoms with Crippen molar-refractivity contribution in [3.63, 3.8) is 0 Å². The molecule has 0 aromatic heterocycles. The van der Waals surface area contributed by atoms with E-state index in [0.29, 0.717) is 17.4 Å². The van der Waals surface area contributed by atoms with Crippen LogP contribution < -0.4 is 0 Å². The predicted octanol–water partition coefficient (Wildman–Crippen LogP) is 22.4. The van der Waals surface area contributed by atoms with Gasteiger partial charge in [-0.3, -0.25) is 18.6 Å². The normalized spacial score (nSPS) is 13.6. The highest BCUT2D eigenvalue weighted by molar-refractivity contribution is 7.47. The summed E-state index contributed by atoms with van der Waals surface area (Å²) >= 11 is 0. The standard InChI is InChI=1S/C72H132NO8P/c1-6-8-10-12-14-16-18-20-22-24-26-27-28-29-30-31-32-33-34-35-36-37-38-39-40-41-42-43-44-45-47-48-50-52-54-56-58-60-62-64-71(74)78-68-70(69-80-82(76,77)79-67-66-73(3,4)5)81-72(75)65-63-61-59-57-55-53-51-49-46-25-23-21-19-17-15-13-11-9-7-2/h9,11,15,17,21,23-24,26,46,49,53,55,70H,6-8,10,12-14,16,18-20,22,25,27-45,47-48,50-52,54,56-69H2,1-5H3/p+1/b11-9-,17-15-,23-21-,26-24-,49-46-,55-53-.